The van der Waals surface area contributed by atoms with Crippen LogP contribution >= 0.6 is 0 Å². The van der Waals surface area contributed by atoms with E-state index in [4.69, 9.17) is 4.74 Å². The van der Waals surface area contributed by atoms with Gasteiger partial charge in [-0.1, -0.05) is 89.5 Å². The molecule has 3 aliphatic carbocycles. The highest BCUT2D eigenvalue weighted by molar-refractivity contribution is 5.35. The van der Waals surface area contributed by atoms with Crippen molar-refractivity contribution in [3.63, 3.8) is 0 Å². The van der Waals surface area contributed by atoms with E-state index >= 15 is 0 Å². The van der Waals surface area contributed by atoms with Crippen molar-refractivity contribution >= 4 is 0 Å². The third kappa shape index (κ3) is 5.10. The summed E-state index contributed by atoms with van der Waals surface area (Å²) in [5.74, 6) is 5.97. The fourth-order valence-electron chi connectivity index (χ4n) is 9.05. The van der Waals surface area contributed by atoms with Gasteiger partial charge in [-0.15, -0.1) is 0 Å². The molecule has 184 valence electrons. The number of fused-ring (bicyclic) bond motifs is 7. The first kappa shape index (κ1) is 23.9. The zero-order chi connectivity index (χ0) is 22.6. The molecule has 1 heterocycles. The minimum absolute atomic E-state index is 0.507. The Hall–Kier alpha value is -0.820. The fourth-order valence-corrected chi connectivity index (χ4v) is 9.05. The summed E-state index contributed by atoms with van der Waals surface area (Å²) in [4.78, 5) is 0. The molecule has 0 aromatic heterocycles. The molecule has 1 aromatic rings. The lowest BCUT2D eigenvalue weighted by Gasteiger charge is -2.52. The third-order valence-electron chi connectivity index (χ3n) is 10.5. The van der Waals surface area contributed by atoms with E-state index in [1.165, 1.54) is 96.3 Å². The Bertz CT molecular complexity index is 734. The van der Waals surface area contributed by atoms with E-state index < -0.39 is 0 Å². The summed E-state index contributed by atoms with van der Waals surface area (Å²) >= 11 is 0. The van der Waals surface area contributed by atoms with Crippen LogP contribution in [0.25, 0.3) is 0 Å². The molecule has 33 heavy (non-hydrogen) atoms. The van der Waals surface area contributed by atoms with E-state index in [0.717, 1.165) is 48.0 Å². The van der Waals surface area contributed by atoms with Crippen LogP contribution in [0.1, 0.15) is 121 Å². The van der Waals surface area contributed by atoms with E-state index in [2.05, 4.69) is 38.1 Å². The van der Waals surface area contributed by atoms with Crippen LogP contribution in [0.5, 0.6) is 0 Å². The summed E-state index contributed by atoms with van der Waals surface area (Å²) in [5.41, 5.74) is 3.39. The second-order valence-corrected chi connectivity index (χ2v) is 12.3. The Morgan fingerprint density at radius 1 is 0.818 bits per heavy atom. The molecule has 3 fully saturated rings. The number of benzene rings is 1. The fraction of sp³-hybridized carbons (Fsp3) is 0.812. The molecule has 4 aliphatic rings. The summed E-state index contributed by atoms with van der Waals surface area (Å²) in [5, 5.41) is 0. The Labute approximate surface area is 204 Å². The Morgan fingerprint density at radius 2 is 1.61 bits per heavy atom. The molecule has 1 nitrogen and oxygen atoms in total. The van der Waals surface area contributed by atoms with Crippen molar-refractivity contribution in [2.45, 2.75) is 122 Å². The van der Waals surface area contributed by atoms with E-state index in [1.54, 1.807) is 11.1 Å². The summed E-state index contributed by atoms with van der Waals surface area (Å²) in [7, 11) is 0. The smallest absolute Gasteiger partial charge is 0.0612 e. The van der Waals surface area contributed by atoms with Crippen molar-refractivity contribution in [3.05, 3.63) is 35.4 Å². The van der Waals surface area contributed by atoms with Crippen molar-refractivity contribution in [3.8, 4) is 0 Å². The number of hydrogen-bond donors (Lipinski definition) is 0. The van der Waals surface area contributed by atoms with E-state index in [0.29, 0.717) is 6.10 Å². The predicted molar refractivity (Wildman–Crippen MR) is 140 cm³/mol. The zero-order valence-electron chi connectivity index (χ0n) is 21.7. The molecule has 1 heteroatoms. The second-order valence-electron chi connectivity index (χ2n) is 12.3. The van der Waals surface area contributed by atoms with Gasteiger partial charge in [0.05, 0.1) is 12.7 Å². The summed E-state index contributed by atoms with van der Waals surface area (Å²) < 4.78 is 7.12. The molecule has 1 aromatic carbocycles. The summed E-state index contributed by atoms with van der Waals surface area (Å²) in [6.07, 6.45) is 21.6. The average molecular weight is 451 g/mol. The standard InChI is InChI=1S/C32H50O/c1-3-10-23(11-4-2)27-15-9-14-26-19-18-24-12-5-7-16-28(24)31(26)32-29-17-8-6-13-25(29)20-21-30(32)33-22-27/h5,7,12,16,23,25-27,29-32H,3-4,6,8-11,13-15,17-22H2,1-2H3. The number of aryl methyl sites for hydroxylation is 1. The van der Waals surface area contributed by atoms with Crippen LogP contribution in [0, 0.1) is 35.5 Å². The quantitative estimate of drug-likeness (QED) is 0.435. The number of hydrogen-bond acceptors (Lipinski definition) is 1. The van der Waals surface area contributed by atoms with Gasteiger partial charge in [0.2, 0.25) is 0 Å². The van der Waals surface area contributed by atoms with Gasteiger partial charge in [-0.2, -0.15) is 0 Å². The molecule has 0 radical (unpaired) electrons. The molecule has 0 bridgehead atoms. The lowest BCUT2D eigenvalue weighted by atomic mass is 9.55. The maximum atomic E-state index is 7.12. The predicted octanol–water partition coefficient (Wildman–Crippen LogP) is 8.95. The van der Waals surface area contributed by atoms with Crippen molar-refractivity contribution in [1.29, 1.82) is 0 Å². The first-order chi connectivity index (χ1) is 16.3. The molecular formula is C32H50O. The topological polar surface area (TPSA) is 9.23 Å². The van der Waals surface area contributed by atoms with Gasteiger partial charge in [0.1, 0.15) is 0 Å². The van der Waals surface area contributed by atoms with E-state index in [9.17, 15) is 0 Å². The van der Waals surface area contributed by atoms with Crippen LogP contribution in [0.4, 0.5) is 0 Å². The Kier molecular flexibility index (Phi) is 8.17. The molecule has 7 atom stereocenters. The highest BCUT2D eigenvalue weighted by Gasteiger charge is 2.48. The number of rotatable bonds is 5. The highest BCUT2D eigenvalue weighted by atomic mass is 16.5. The first-order valence-corrected chi connectivity index (χ1v) is 15.0. The lowest BCUT2D eigenvalue weighted by Crippen LogP contribution is -2.47. The minimum Gasteiger partial charge on any atom is -0.378 e. The summed E-state index contributed by atoms with van der Waals surface area (Å²) in [6, 6.07) is 9.57. The Morgan fingerprint density at radius 3 is 2.45 bits per heavy atom. The Balaban J connectivity index is 1.46. The van der Waals surface area contributed by atoms with Gasteiger partial charge in [-0.3, -0.25) is 0 Å². The van der Waals surface area contributed by atoms with Crippen molar-refractivity contribution < 1.29 is 4.74 Å². The van der Waals surface area contributed by atoms with E-state index in [1.807, 2.05) is 0 Å². The number of ether oxygens (including phenoxy) is 1. The largest absolute Gasteiger partial charge is 0.378 e. The monoisotopic (exact) mass is 450 g/mol. The maximum absolute atomic E-state index is 7.12. The van der Waals surface area contributed by atoms with Crippen molar-refractivity contribution in [2.24, 2.45) is 35.5 Å². The van der Waals surface area contributed by atoms with Gasteiger partial charge in [0, 0.05) is 0 Å². The van der Waals surface area contributed by atoms with Crippen molar-refractivity contribution in [2.75, 3.05) is 6.61 Å². The zero-order valence-corrected chi connectivity index (χ0v) is 21.7. The molecular weight excluding hydrogens is 400 g/mol. The van der Waals surface area contributed by atoms with Gasteiger partial charge in [-0.25, -0.2) is 0 Å². The second kappa shape index (κ2) is 11.3. The van der Waals surface area contributed by atoms with Gasteiger partial charge in [0.25, 0.3) is 0 Å². The normalized spacial score (nSPS) is 36.9. The van der Waals surface area contributed by atoms with Gasteiger partial charge in [-0.05, 0) is 97.5 Å². The highest BCUT2D eigenvalue weighted by Crippen LogP contribution is 2.55. The first-order valence-electron chi connectivity index (χ1n) is 15.0. The van der Waals surface area contributed by atoms with Crippen LogP contribution < -0.4 is 0 Å². The van der Waals surface area contributed by atoms with Gasteiger partial charge < -0.3 is 4.74 Å². The van der Waals surface area contributed by atoms with Crippen LogP contribution in [0.2, 0.25) is 0 Å². The van der Waals surface area contributed by atoms with Gasteiger partial charge in [0.15, 0.2) is 0 Å². The molecule has 7 unspecified atom stereocenters. The van der Waals surface area contributed by atoms with Gasteiger partial charge >= 0.3 is 0 Å². The molecule has 1 aliphatic heterocycles. The SMILES string of the molecule is CCCC(CCC)C1CCCC2CCc3ccccc3C2C2C(CCC3CCCCC32)OC1. The maximum Gasteiger partial charge on any atom is 0.0612 e. The molecule has 0 spiro atoms. The van der Waals surface area contributed by atoms with Crippen LogP contribution in [-0.2, 0) is 11.2 Å². The molecule has 5 rings (SSSR count). The molecule has 0 amide bonds. The van der Waals surface area contributed by atoms with Crippen LogP contribution in [0.3, 0.4) is 0 Å². The van der Waals surface area contributed by atoms with Crippen LogP contribution in [0.15, 0.2) is 24.3 Å². The third-order valence-corrected chi connectivity index (χ3v) is 10.5. The molecule has 2 saturated carbocycles. The molecule has 1 saturated heterocycles. The average Bonchev–Trinajstić information content (AvgIpc) is 2.86. The minimum atomic E-state index is 0.507. The van der Waals surface area contributed by atoms with Crippen LogP contribution in [-0.4, -0.2) is 12.7 Å². The van der Waals surface area contributed by atoms with E-state index in [-0.39, 0.29) is 0 Å². The summed E-state index contributed by atoms with van der Waals surface area (Å²) in [6.45, 7) is 5.81. The van der Waals surface area contributed by atoms with Crippen molar-refractivity contribution in [1.82, 2.24) is 0 Å². The molecule has 0 N–H and O–H groups in total. The lowest BCUT2D eigenvalue weighted by molar-refractivity contribution is -0.0984.